The van der Waals surface area contributed by atoms with E-state index in [0.29, 0.717) is 18.4 Å². The van der Waals surface area contributed by atoms with Crippen LogP contribution < -0.4 is 10.1 Å². The number of fused-ring (bicyclic) bond motifs is 1. The van der Waals surface area contributed by atoms with Crippen LogP contribution in [0.2, 0.25) is 0 Å². The van der Waals surface area contributed by atoms with Gasteiger partial charge in [-0.1, -0.05) is 25.2 Å². The molecule has 6 nitrogen and oxygen atoms in total. The highest BCUT2D eigenvalue weighted by Crippen LogP contribution is 2.30. The Hall–Kier alpha value is -1.51. The highest BCUT2D eigenvalue weighted by Gasteiger charge is 2.24. The number of nitrogens with one attached hydrogen (secondary N) is 1. The molecule has 182 valence electrons. The first kappa shape index (κ1) is 24.6. The van der Waals surface area contributed by atoms with E-state index in [1.807, 2.05) is 13.1 Å². The van der Waals surface area contributed by atoms with E-state index in [4.69, 9.17) is 9.72 Å². The third kappa shape index (κ3) is 7.49. The molecule has 3 heterocycles. The maximum absolute atomic E-state index is 12.3. The van der Waals surface area contributed by atoms with Crippen LogP contribution in [0.1, 0.15) is 66.4 Å². The molecule has 4 rings (SSSR count). The first-order valence-electron chi connectivity index (χ1n) is 12.5. The number of hydrogen-bond acceptors (Lipinski definition) is 7. The van der Waals surface area contributed by atoms with Crippen molar-refractivity contribution in [2.24, 2.45) is 11.8 Å². The second kappa shape index (κ2) is 11.8. The fourth-order valence-corrected chi connectivity index (χ4v) is 6.54. The number of ether oxygens (including phenoxy) is 1. The summed E-state index contributed by atoms with van der Waals surface area (Å²) in [7, 11) is 0. The molecule has 1 aliphatic carbocycles. The molecule has 1 saturated carbocycles. The number of carbonyl (C=O) groups excluding carboxylic acids is 1. The standard InChI is InChI=1S/C25H38N4O2S2/c1-17(2)16-31-25-28-22-9-12-29(13-10-23(22)33-25)11-8-19-4-6-20(7-5-19)27-24(30)14-21-15-26-18(3)32-21/h15,17,19-20H,4-14,16H2,1-3H3,(H,27,30)/t19-,20-. The highest BCUT2D eigenvalue weighted by atomic mass is 32.1. The van der Waals surface area contributed by atoms with Crippen molar-refractivity contribution in [1.82, 2.24) is 20.2 Å². The summed E-state index contributed by atoms with van der Waals surface area (Å²) in [5, 5.41) is 5.13. The molecule has 0 saturated heterocycles. The Kier molecular flexibility index (Phi) is 8.77. The SMILES string of the molecule is Cc1ncc(CC(=O)N[C@H]2CC[C@H](CCN3CCc4nc(OCC(C)C)sc4CC3)CC2)s1. The predicted octanol–water partition coefficient (Wildman–Crippen LogP) is 4.65. The Bertz CT molecular complexity index is 877. The van der Waals surface area contributed by atoms with E-state index >= 15 is 0 Å². The Morgan fingerprint density at radius 2 is 2.00 bits per heavy atom. The van der Waals surface area contributed by atoms with E-state index in [1.165, 1.54) is 36.4 Å². The lowest BCUT2D eigenvalue weighted by molar-refractivity contribution is -0.121. The highest BCUT2D eigenvalue weighted by molar-refractivity contribution is 7.13. The Morgan fingerprint density at radius 3 is 2.73 bits per heavy atom. The largest absolute Gasteiger partial charge is 0.470 e. The van der Waals surface area contributed by atoms with Gasteiger partial charge in [0.1, 0.15) is 0 Å². The third-order valence-electron chi connectivity index (χ3n) is 6.69. The number of amides is 1. The Morgan fingerprint density at radius 1 is 1.21 bits per heavy atom. The quantitative estimate of drug-likeness (QED) is 0.554. The number of carbonyl (C=O) groups is 1. The van der Waals surface area contributed by atoms with Crippen LogP contribution in [0, 0.1) is 18.8 Å². The molecule has 1 fully saturated rings. The summed E-state index contributed by atoms with van der Waals surface area (Å²) < 4.78 is 5.84. The number of thiazole rings is 2. The van der Waals surface area contributed by atoms with Crippen molar-refractivity contribution in [3.63, 3.8) is 0 Å². The summed E-state index contributed by atoms with van der Waals surface area (Å²) in [6, 6.07) is 0.343. The van der Waals surface area contributed by atoms with Gasteiger partial charge in [0.05, 0.1) is 23.7 Å². The predicted molar refractivity (Wildman–Crippen MR) is 135 cm³/mol. The van der Waals surface area contributed by atoms with E-state index in [9.17, 15) is 4.79 Å². The van der Waals surface area contributed by atoms with E-state index in [2.05, 4.69) is 29.0 Å². The van der Waals surface area contributed by atoms with E-state index < -0.39 is 0 Å². The molecule has 33 heavy (non-hydrogen) atoms. The van der Waals surface area contributed by atoms with Crippen LogP contribution in [0.15, 0.2) is 6.20 Å². The van der Waals surface area contributed by atoms with Gasteiger partial charge < -0.3 is 15.0 Å². The zero-order valence-corrected chi connectivity index (χ0v) is 21.9. The second-order valence-corrected chi connectivity index (χ2v) is 12.4. The Balaban J connectivity index is 1.13. The molecule has 0 atom stereocenters. The lowest BCUT2D eigenvalue weighted by Crippen LogP contribution is -2.38. The monoisotopic (exact) mass is 490 g/mol. The summed E-state index contributed by atoms with van der Waals surface area (Å²) in [6.07, 6.45) is 10.4. The number of aryl methyl sites for hydroxylation is 1. The molecule has 2 aromatic heterocycles. The van der Waals surface area contributed by atoms with Crippen LogP contribution in [-0.2, 0) is 24.1 Å². The fourth-order valence-electron chi connectivity index (χ4n) is 4.79. The van der Waals surface area contributed by atoms with Crippen molar-refractivity contribution >= 4 is 28.6 Å². The van der Waals surface area contributed by atoms with Gasteiger partial charge in [-0.3, -0.25) is 4.79 Å². The van der Waals surface area contributed by atoms with Gasteiger partial charge >= 0.3 is 0 Å². The van der Waals surface area contributed by atoms with Crippen molar-refractivity contribution in [2.45, 2.75) is 78.2 Å². The molecule has 8 heteroatoms. The minimum atomic E-state index is 0.144. The van der Waals surface area contributed by atoms with Crippen LogP contribution in [0.4, 0.5) is 0 Å². The second-order valence-electron chi connectivity index (χ2n) is 9.99. The van der Waals surface area contributed by atoms with Crippen molar-refractivity contribution < 1.29 is 9.53 Å². The van der Waals surface area contributed by atoms with Crippen molar-refractivity contribution in [3.8, 4) is 5.19 Å². The van der Waals surface area contributed by atoms with Crippen LogP contribution in [-0.4, -0.2) is 53.1 Å². The molecule has 0 bridgehead atoms. The van der Waals surface area contributed by atoms with Crippen LogP contribution in [0.3, 0.4) is 0 Å². The van der Waals surface area contributed by atoms with Crippen molar-refractivity contribution in [3.05, 3.63) is 26.7 Å². The van der Waals surface area contributed by atoms with Gasteiger partial charge in [-0.05, 0) is 63.8 Å². The summed E-state index contributed by atoms with van der Waals surface area (Å²) in [5.74, 6) is 1.46. The summed E-state index contributed by atoms with van der Waals surface area (Å²) in [4.78, 5) is 26.4. The fraction of sp³-hybridized carbons (Fsp3) is 0.720. The van der Waals surface area contributed by atoms with Gasteiger partial charge in [-0.2, -0.15) is 0 Å². The number of aromatic nitrogens is 2. The molecule has 0 unspecified atom stereocenters. The average Bonchev–Trinajstić information content (AvgIpc) is 3.32. The zero-order chi connectivity index (χ0) is 23.2. The average molecular weight is 491 g/mol. The lowest BCUT2D eigenvalue weighted by Gasteiger charge is -2.30. The molecule has 1 amide bonds. The Labute approximate surface area is 206 Å². The van der Waals surface area contributed by atoms with Gasteiger partial charge in [-0.15, -0.1) is 11.3 Å². The molecule has 0 radical (unpaired) electrons. The first-order chi connectivity index (χ1) is 15.9. The number of nitrogens with zero attached hydrogens (tertiary/aromatic N) is 3. The van der Waals surface area contributed by atoms with Gasteiger partial charge in [0.25, 0.3) is 5.19 Å². The molecule has 1 aliphatic heterocycles. The molecular formula is C25H38N4O2S2. The van der Waals surface area contributed by atoms with Gasteiger partial charge in [0.2, 0.25) is 5.91 Å². The van der Waals surface area contributed by atoms with Crippen LogP contribution in [0.25, 0.3) is 0 Å². The smallest absolute Gasteiger partial charge is 0.273 e. The van der Waals surface area contributed by atoms with E-state index in [0.717, 1.165) is 66.4 Å². The van der Waals surface area contributed by atoms with Crippen molar-refractivity contribution in [1.29, 1.82) is 0 Å². The first-order valence-corrected chi connectivity index (χ1v) is 14.1. The molecule has 1 N–H and O–H groups in total. The summed E-state index contributed by atoms with van der Waals surface area (Å²) in [5.41, 5.74) is 1.26. The van der Waals surface area contributed by atoms with Gasteiger partial charge in [0.15, 0.2) is 0 Å². The minimum absolute atomic E-state index is 0.144. The van der Waals surface area contributed by atoms with E-state index in [1.54, 1.807) is 22.7 Å². The summed E-state index contributed by atoms with van der Waals surface area (Å²) in [6.45, 7) is 10.5. The molecule has 0 spiro atoms. The van der Waals surface area contributed by atoms with Crippen LogP contribution in [0.5, 0.6) is 5.19 Å². The van der Waals surface area contributed by atoms with Crippen LogP contribution >= 0.6 is 22.7 Å². The maximum atomic E-state index is 12.3. The zero-order valence-electron chi connectivity index (χ0n) is 20.3. The minimum Gasteiger partial charge on any atom is -0.470 e. The van der Waals surface area contributed by atoms with E-state index in [-0.39, 0.29) is 5.91 Å². The maximum Gasteiger partial charge on any atom is 0.273 e. The molecule has 2 aromatic rings. The third-order valence-corrected chi connectivity index (χ3v) is 8.67. The number of rotatable bonds is 9. The molecular weight excluding hydrogens is 452 g/mol. The lowest BCUT2D eigenvalue weighted by atomic mass is 9.84. The van der Waals surface area contributed by atoms with Crippen molar-refractivity contribution in [2.75, 3.05) is 26.2 Å². The summed E-state index contributed by atoms with van der Waals surface area (Å²) >= 11 is 3.36. The topological polar surface area (TPSA) is 67.4 Å². The van der Waals surface area contributed by atoms with Gasteiger partial charge in [-0.25, -0.2) is 9.97 Å². The number of hydrogen-bond donors (Lipinski definition) is 1. The van der Waals surface area contributed by atoms with Gasteiger partial charge in [0, 0.05) is 41.5 Å². The molecule has 2 aliphatic rings. The molecule has 0 aromatic carbocycles. The normalized spacial score (nSPS) is 21.6.